The molecular formula is C23H25N3O3S2. The number of amides is 1. The number of thiophene rings is 1. The monoisotopic (exact) mass is 455 g/mol. The molecule has 1 saturated heterocycles. The maximum Gasteiger partial charge on any atom is 0.263 e. The van der Waals surface area contributed by atoms with Gasteiger partial charge in [0.05, 0.1) is 11.1 Å². The largest absolute Gasteiger partial charge is 0.381 e. The lowest BCUT2D eigenvalue weighted by molar-refractivity contribution is -0.119. The van der Waals surface area contributed by atoms with Gasteiger partial charge in [-0.05, 0) is 29.9 Å². The molecule has 1 aliphatic heterocycles. The van der Waals surface area contributed by atoms with Gasteiger partial charge in [0.2, 0.25) is 5.91 Å². The normalized spacial score (nSPS) is 15.6. The summed E-state index contributed by atoms with van der Waals surface area (Å²) < 4.78 is 7.14. The number of thioether (sulfide) groups is 1. The average molecular weight is 456 g/mol. The van der Waals surface area contributed by atoms with Crippen LogP contribution in [0.1, 0.15) is 18.4 Å². The van der Waals surface area contributed by atoms with E-state index < -0.39 is 0 Å². The first kappa shape index (κ1) is 21.8. The Bertz CT molecular complexity index is 1120. The van der Waals surface area contributed by atoms with Crippen molar-refractivity contribution in [3.8, 4) is 0 Å². The molecule has 31 heavy (non-hydrogen) atoms. The van der Waals surface area contributed by atoms with E-state index in [2.05, 4.69) is 29.0 Å². The molecule has 0 atom stereocenters. The number of aromatic nitrogens is 2. The first-order chi connectivity index (χ1) is 15.1. The van der Waals surface area contributed by atoms with Gasteiger partial charge < -0.3 is 10.1 Å². The van der Waals surface area contributed by atoms with Gasteiger partial charge in [0.25, 0.3) is 5.56 Å². The summed E-state index contributed by atoms with van der Waals surface area (Å²) in [4.78, 5) is 30.7. The van der Waals surface area contributed by atoms with Crippen LogP contribution < -0.4 is 10.9 Å². The summed E-state index contributed by atoms with van der Waals surface area (Å²) in [6.45, 7) is 6.05. The maximum absolute atomic E-state index is 12.7. The van der Waals surface area contributed by atoms with Crippen LogP contribution in [-0.4, -0.2) is 41.0 Å². The number of carbonyl (C=O) groups excluding carboxylic acids is 1. The molecule has 0 radical (unpaired) electrons. The third kappa shape index (κ3) is 4.76. The number of carbonyl (C=O) groups is 1. The lowest BCUT2D eigenvalue weighted by atomic mass is 9.74. The molecule has 0 spiro atoms. The SMILES string of the molecule is C=CCn1c(SCC(=O)NCC2(c3ccccc3)CCOCC2)nc2sccc2c1=O. The maximum atomic E-state index is 12.7. The summed E-state index contributed by atoms with van der Waals surface area (Å²) in [7, 11) is 0. The number of nitrogens with one attached hydrogen (secondary N) is 1. The first-order valence-electron chi connectivity index (χ1n) is 10.2. The number of ether oxygens (including phenoxy) is 1. The van der Waals surface area contributed by atoms with Gasteiger partial charge in [-0.3, -0.25) is 14.2 Å². The van der Waals surface area contributed by atoms with Crippen LogP contribution in [-0.2, 0) is 21.5 Å². The van der Waals surface area contributed by atoms with E-state index in [-0.39, 0.29) is 22.6 Å². The molecule has 0 bridgehead atoms. The van der Waals surface area contributed by atoms with Crippen LogP contribution in [0.3, 0.4) is 0 Å². The fraction of sp³-hybridized carbons (Fsp3) is 0.348. The second-order valence-corrected chi connectivity index (χ2v) is 9.40. The highest BCUT2D eigenvalue weighted by atomic mass is 32.2. The van der Waals surface area contributed by atoms with E-state index in [9.17, 15) is 9.59 Å². The molecule has 0 saturated carbocycles. The molecule has 1 aliphatic rings. The molecule has 4 rings (SSSR count). The Kier molecular flexibility index (Phi) is 6.89. The van der Waals surface area contributed by atoms with Gasteiger partial charge in [-0.25, -0.2) is 4.98 Å². The van der Waals surface area contributed by atoms with Gasteiger partial charge in [0.1, 0.15) is 4.83 Å². The molecule has 162 valence electrons. The Morgan fingerprint density at radius 2 is 2.06 bits per heavy atom. The van der Waals surface area contributed by atoms with Crippen molar-refractivity contribution in [2.75, 3.05) is 25.5 Å². The lowest BCUT2D eigenvalue weighted by Crippen LogP contribution is -2.45. The molecule has 0 aliphatic carbocycles. The van der Waals surface area contributed by atoms with Crippen molar-refractivity contribution in [1.82, 2.24) is 14.9 Å². The first-order valence-corrected chi connectivity index (χ1v) is 12.1. The highest BCUT2D eigenvalue weighted by Gasteiger charge is 2.34. The van der Waals surface area contributed by atoms with Crippen LogP contribution in [0.25, 0.3) is 10.2 Å². The predicted molar refractivity (Wildman–Crippen MR) is 126 cm³/mol. The van der Waals surface area contributed by atoms with Crippen LogP contribution in [0.4, 0.5) is 0 Å². The van der Waals surface area contributed by atoms with Crippen LogP contribution >= 0.6 is 23.1 Å². The van der Waals surface area contributed by atoms with Gasteiger partial charge in [-0.15, -0.1) is 17.9 Å². The minimum absolute atomic E-state index is 0.0718. The topological polar surface area (TPSA) is 73.2 Å². The Morgan fingerprint density at radius 1 is 1.29 bits per heavy atom. The van der Waals surface area contributed by atoms with Gasteiger partial charge >= 0.3 is 0 Å². The summed E-state index contributed by atoms with van der Waals surface area (Å²) in [5, 5.41) is 6.11. The van der Waals surface area contributed by atoms with Crippen molar-refractivity contribution in [3.63, 3.8) is 0 Å². The Balaban J connectivity index is 1.45. The number of allylic oxidation sites excluding steroid dienone is 1. The predicted octanol–water partition coefficient (Wildman–Crippen LogP) is 3.60. The van der Waals surface area contributed by atoms with Crippen molar-refractivity contribution in [2.24, 2.45) is 0 Å². The van der Waals surface area contributed by atoms with Gasteiger partial charge in [0.15, 0.2) is 5.16 Å². The van der Waals surface area contributed by atoms with Crippen molar-refractivity contribution >= 4 is 39.2 Å². The molecule has 6 nitrogen and oxygen atoms in total. The lowest BCUT2D eigenvalue weighted by Gasteiger charge is -2.38. The Hall–Kier alpha value is -2.42. The highest BCUT2D eigenvalue weighted by Crippen LogP contribution is 2.34. The zero-order chi connectivity index (χ0) is 21.7. The summed E-state index contributed by atoms with van der Waals surface area (Å²) in [5.41, 5.74) is 1.02. The highest BCUT2D eigenvalue weighted by molar-refractivity contribution is 7.99. The molecule has 1 N–H and O–H groups in total. The zero-order valence-corrected chi connectivity index (χ0v) is 18.8. The van der Waals surface area contributed by atoms with Crippen LogP contribution in [0.5, 0.6) is 0 Å². The molecule has 1 aromatic carbocycles. The van der Waals surface area contributed by atoms with Crippen LogP contribution in [0, 0.1) is 0 Å². The van der Waals surface area contributed by atoms with E-state index >= 15 is 0 Å². The van der Waals surface area contributed by atoms with E-state index in [1.807, 2.05) is 23.6 Å². The van der Waals surface area contributed by atoms with Gasteiger partial charge in [-0.1, -0.05) is 48.2 Å². The minimum atomic E-state index is -0.112. The smallest absolute Gasteiger partial charge is 0.263 e. The van der Waals surface area contributed by atoms with E-state index in [0.717, 1.165) is 12.8 Å². The van der Waals surface area contributed by atoms with Crippen molar-refractivity contribution in [2.45, 2.75) is 30.0 Å². The third-order valence-electron chi connectivity index (χ3n) is 5.65. The number of rotatable bonds is 8. The summed E-state index contributed by atoms with van der Waals surface area (Å²) in [5.74, 6) is 0.124. The molecule has 1 fully saturated rings. The molecule has 1 amide bonds. The van der Waals surface area contributed by atoms with Crippen LogP contribution in [0.2, 0.25) is 0 Å². The second-order valence-electron chi connectivity index (χ2n) is 7.56. The molecular weight excluding hydrogens is 430 g/mol. The quantitative estimate of drug-likeness (QED) is 0.319. The number of nitrogens with zero attached hydrogens (tertiary/aromatic N) is 2. The Morgan fingerprint density at radius 3 is 2.81 bits per heavy atom. The van der Waals surface area contributed by atoms with E-state index in [4.69, 9.17) is 4.74 Å². The standard InChI is InChI=1S/C23H25N3O3S2/c1-2-11-26-21(28)18-8-14-30-20(18)25-22(26)31-15-19(27)24-16-23(9-12-29-13-10-23)17-6-4-3-5-7-17/h2-8,14H,1,9-13,15-16H2,(H,24,27). The number of fused-ring (bicyclic) bond motifs is 1. The molecule has 3 aromatic rings. The third-order valence-corrected chi connectivity index (χ3v) is 7.44. The summed E-state index contributed by atoms with van der Waals surface area (Å²) in [6, 6.07) is 12.1. The fourth-order valence-electron chi connectivity index (χ4n) is 3.90. The minimum Gasteiger partial charge on any atom is -0.381 e. The Labute approximate surface area is 189 Å². The molecule has 0 unspecified atom stereocenters. The molecule has 3 heterocycles. The molecule has 2 aromatic heterocycles. The number of benzene rings is 1. The number of hydrogen-bond acceptors (Lipinski definition) is 6. The van der Waals surface area contributed by atoms with Crippen molar-refractivity contribution in [3.05, 3.63) is 70.4 Å². The van der Waals surface area contributed by atoms with Crippen molar-refractivity contribution < 1.29 is 9.53 Å². The second kappa shape index (κ2) is 9.80. The average Bonchev–Trinajstić information content (AvgIpc) is 3.28. The summed E-state index contributed by atoms with van der Waals surface area (Å²) in [6.07, 6.45) is 3.42. The van der Waals surface area contributed by atoms with Gasteiger partial charge in [0, 0.05) is 31.7 Å². The van der Waals surface area contributed by atoms with E-state index in [0.29, 0.717) is 41.7 Å². The molecule has 8 heteroatoms. The van der Waals surface area contributed by atoms with E-state index in [1.165, 1.54) is 28.7 Å². The number of hydrogen-bond donors (Lipinski definition) is 1. The van der Waals surface area contributed by atoms with Crippen LogP contribution in [0.15, 0.2) is 64.4 Å². The fourth-order valence-corrected chi connectivity index (χ4v) is 5.54. The summed E-state index contributed by atoms with van der Waals surface area (Å²) >= 11 is 2.71. The van der Waals surface area contributed by atoms with Crippen molar-refractivity contribution in [1.29, 1.82) is 0 Å². The van der Waals surface area contributed by atoms with Gasteiger partial charge in [-0.2, -0.15) is 0 Å². The van der Waals surface area contributed by atoms with E-state index in [1.54, 1.807) is 16.7 Å². The zero-order valence-electron chi connectivity index (χ0n) is 17.2.